The van der Waals surface area contributed by atoms with E-state index in [2.05, 4.69) is 5.32 Å². The summed E-state index contributed by atoms with van der Waals surface area (Å²) in [5, 5.41) is 2.90. The Morgan fingerprint density at radius 1 is 1.39 bits per heavy atom. The van der Waals surface area contributed by atoms with Crippen LogP contribution in [-0.2, 0) is 4.79 Å². The van der Waals surface area contributed by atoms with Crippen molar-refractivity contribution in [3.05, 3.63) is 35.9 Å². The minimum absolute atomic E-state index is 0.0132. The van der Waals surface area contributed by atoms with Gasteiger partial charge in [0.15, 0.2) is 0 Å². The first-order chi connectivity index (χ1) is 11.2. The summed E-state index contributed by atoms with van der Waals surface area (Å²) < 4.78 is 0. The number of carbonyl (C=O) groups is 2. The molecule has 2 amide bonds. The maximum Gasteiger partial charge on any atom is 0.251 e. The highest BCUT2D eigenvalue weighted by Crippen LogP contribution is 2.17. The molecule has 1 fully saturated rings. The molecule has 1 aliphatic heterocycles. The maximum atomic E-state index is 12.7. The van der Waals surface area contributed by atoms with Crippen LogP contribution < -0.4 is 11.1 Å². The lowest BCUT2D eigenvalue weighted by Crippen LogP contribution is -2.48. The molecular weight excluding hydrogens is 310 g/mol. The van der Waals surface area contributed by atoms with Gasteiger partial charge in [-0.2, -0.15) is 11.8 Å². The lowest BCUT2D eigenvalue weighted by atomic mass is 10.1. The second-order valence-electron chi connectivity index (χ2n) is 5.85. The molecule has 1 aromatic rings. The van der Waals surface area contributed by atoms with E-state index in [1.54, 1.807) is 23.9 Å². The molecule has 1 saturated heterocycles. The van der Waals surface area contributed by atoms with Gasteiger partial charge in [-0.15, -0.1) is 0 Å². The molecule has 2 unspecified atom stereocenters. The molecular formula is C17H25N3O2S. The summed E-state index contributed by atoms with van der Waals surface area (Å²) in [7, 11) is 0. The number of amides is 2. The molecule has 2 rings (SSSR count). The lowest BCUT2D eigenvalue weighted by molar-refractivity contribution is -0.132. The predicted molar refractivity (Wildman–Crippen MR) is 94.4 cm³/mol. The van der Waals surface area contributed by atoms with Gasteiger partial charge in [0.25, 0.3) is 5.91 Å². The highest BCUT2D eigenvalue weighted by atomic mass is 32.2. The SMILES string of the molecule is CSCCC(NC(=O)c1ccccc1)C(=O)N1CCC(CN)C1. The first-order valence-electron chi connectivity index (χ1n) is 7.99. The number of nitrogens with two attached hydrogens (primary N) is 1. The monoisotopic (exact) mass is 335 g/mol. The second-order valence-corrected chi connectivity index (χ2v) is 6.83. The van der Waals surface area contributed by atoms with E-state index in [0.29, 0.717) is 31.0 Å². The van der Waals surface area contributed by atoms with E-state index in [4.69, 9.17) is 5.73 Å². The number of hydrogen-bond acceptors (Lipinski definition) is 4. The van der Waals surface area contributed by atoms with Gasteiger partial charge in [-0.1, -0.05) is 18.2 Å². The largest absolute Gasteiger partial charge is 0.341 e. The smallest absolute Gasteiger partial charge is 0.251 e. The van der Waals surface area contributed by atoms with Crippen molar-refractivity contribution in [3.8, 4) is 0 Å². The van der Waals surface area contributed by atoms with Gasteiger partial charge in [0.2, 0.25) is 5.91 Å². The van der Waals surface area contributed by atoms with Crippen LogP contribution in [0.2, 0.25) is 0 Å². The van der Waals surface area contributed by atoms with Crippen molar-refractivity contribution in [1.29, 1.82) is 0 Å². The van der Waals surface area contributed by atoms with Crippen LogP contribution in [0.5, 0.6) is 0 Å². The van der Waals surface area contributed by atoms with Crippen LogP contribution in [0.15, 0.2) is 30.3 Å². The number of carbonyl (C=O) groups excluding carboxylic acids is 2. The molecule has 0 bridgehead atoms. The van der Waals surface area contributed by atoms with E-state index < -0.39 is 6.04 Å². The Morgan fingerprint density at radius 3 is 2.74 bits per heavy atom. The van der Waals surface area contributed by atoms with E-state index in [1.165, 1.54) is 0 Å². The quantitative estimate of drug-likeness (QED) is 0.789. The van der Waals surface area contributed by atoms with Crippen molar-refractivity contribution in [2.75, 3.05) is 31.6 Å². The van der Waals surface area contributed by atoms with Gasteiger partial charge in [-0.3, -0.25) is 9.59 Å². The minimum Gasteiger partial charge on any atom is -0.341 e. The van der Waals surface area contributed by atoms with E-state index in [9.17, 15) is 9.59 Å². The molecule has 5 nitrogen and oxygen atoms in total. The Labute approximate surface area is 142 Å². The number of rotatable bonds is 7. The van der Waals surface area contributed by atoms with E-state index in [-0.39, 0.29) is 11.8 Å². The number of nitrogens with zero attached hydrogens (tertiary/aromatic N) is 1. The molecule has 0 spiro atoms. The van der Waals surface area contributed by atoms with Crippen molar-refractivity contribution < 1.29 is 9.59 Å². The molecule has 23 heavy (non-hydrogen) atoms. The molecule has 1 aromatic carbocycles. The summed E-state index contributed by atoms with van der Waals surface area (Å²) in [4.78, 5) is 26.9. The fourth-order valence-electron chi connectivity index (χ4n) is 2.77. The third kappa shape index (κ3) is 4.97. The van der Waals surface area contributed by atoms with Crippen LogP contribution in [0.3, 0.4) is 0 Å². The normalized spacial score (nSPS) is 18.7. The van der Waals surface area contributed by atoms with E-state index in [0.717, 1.165) is 18.7 Å². The number of hydrogen-bond donors (Lipinski definition) is 2. The summed E-state index contributed by atoms with van der Waals surface area (Å²) in [5.41, 5.74) is 6.28. The molecule has 0 aromatic heterocycles. The molecule has 1 aliphatic rings. The second kappa shape index (κ2) is 8.93. The molecule has 3 N–H and O–H groups in total. The average Bonchev–Trinajstić information content (AvgIpc) is 3.07. The number of thioether (sulfide) groups is 1. The predicted octanol–water partition coefficient (Wildman–Crippen LogP) is 1.35. The first kappa shape index (κ1) is 17.8. The van der Waals surface area contributed by atoms with Crippen LogP contribution in [0.4, 0.5) is 0 Å². The first-order valence-corrected chi connectivity index (χ1v) is 9.38. The average molecular weight is 335 g/mol. The molecule has 0 radical (unpaired) electrons. The fraction of sp³-hybridized carbons (Fsp3) is 0.529. The van der Waals surface area contributed by atoms with Gasteiger partial charge >= 0.3 is 0 Å². The highest BCUT2D eigenvalue weighted by molar-refractivity contribution is 7.98. The fourth-order valence-corrected chi connectivity index (χ4v) is 3.24. The standard InChI is InChI=1S/C17H25N3O2S/c1-23-10-8-15(17(22)20-9-7-13(11-18)12-20)19-16(21)14-5-3-2-4-6-14/h2-6,13,15H,7-12,18H2,1H3,(H,19,21). The van der Waals surface area contributed by atoms with E-state index >= 15 is 0 Å². The molecule has 126 valence electrons. The third-order valence-electron chi connectivity index (χ3n) is 4.18. The van der Waals surface area contributed by atoms with Gasteiger partial charge in [0, 0.05) is 18.7 Å². The molecule has 0 saturated carbocycles. The number of likely N-dealkylation sites (tertiary alicyclic amines) is 1. The Hall–Kier alpha value is -1.53. The van der Waals surface area contributed by atoms with Crippen molar-refractivity contribution >= 4 is 23.6 Å². The third-order valence-corrected chi connectivity index (χ3v) is 4.82. The van der Waals surface area contributed by atoms with E-state index in [1.807, 2.05) is 29.4 Å². The van der Waals surface area contributed by atoms with Gasteiger partial charge < -0.3 is 16.0 Å². The lowest BCUT2D eigenvalue weighted by Gasteiger charge is -2.24. The Bertz CT molecular complexity index is 524. The van der Waals surface area contributed by atoms with Crippen molar-refractivity contribution in [2.24, 2.45) is 11.7 Å². The van der Waals surface area contributed by atoms with Gasteiger partial charge in [-0.25, -0.2) is 0 Å². The summed E-state index contributed by atoms with van der Waals surface area (Å²) in [6.07, 6.45) is 3.59. The van der Waals surface area contributed by atoms with Gasteiger partial charge in [0.1, 0.15) is 6.04 Å². The zero-order valence-electron chi connectivity index (χ0n) is 13.5. The number of benzene rings is 1. The van der Waals surface area contributed by atoms with Crippen molar-refractivity contribution in [2.45, 2.75) is 18.9 Å². The summed E-state index contributed by atoms with van der Waals surface area (Å²) >= 11 is 1.68. The van der Waals surface area contributed by atoms with Crippen LogP contribution in [0.25, 0.3) is 0 Å². The maximum absolute atomic E-state index is 12.7. The summed E-state index contributed by atoms with van der Waals surface area (Å²) in [6, 6.07) is 8.55. The summed E-state index contributed by atoms with van der Waals surface area (Å²) in [5.74, 6) is 1.03. The van der Waals surface area contributed by atoms with Gasteiger partial charge in [0.05, 0.1) is 0 Å². The molecule has 2 atom stereocenters. The topological polar surface area (TPSA) is 75.4 Å². The van der Waals surface area contributed by atoms with Crippen LogP contribution in [-0.4, -0.2) is 54.4 Å². The zero-order valence-corrected chi connectivity index (χ0v) is 14.3. The number of nitrogens with one attached hydrogen (secondary N) is 1. The zero-order chi connectivity index (χ0) is 16.7. The molecule has 6 heteroatoms. The Morgan fingerprint density at radius 2 is 2.13 bits per heavy atom. The molecule has 0 aliphatic carbocycles. The summed E-state index contributed by atoms with van der Waals surface area (Å²) in [6.45, 7) is 2.04. The minimum atomic E-state index is -0.466. The Balaban J connectivity index is 2.01. The van der Waals surface area contributed by atoms with Crippen LogP contribution >= 0.6 is 11.8 Å². The molecule has 1 heterocycles. The highest BCUT2D eigenvalue weighted by Gasteiger charge is 2.31. The van der Waals surface area contributed by atoms with Crippen molar-refractivity contribution in [3.63, 3.8) is 0 Å². The van der Waals surface area contributed by atoms with Gasteiger partial charge in [-0.05, 0) is 49.4 Å². The van der Waals surface area contributed by atoms with Crippen molar-refractivity contribution in [1.82, 2.24) is 10.2 Å². The van der Waals surface area contributed by atoms with Crippen LogP contribution in [0.1, 0.15) is 23.2 Å². The van der Waals surface area contributed by atoms with Crippen LogP contribution in [0, 0.1) is 5.92 Å². The Kier molecular flexibility index (Phi) is 6.92.